The summed E-state index contributed by atoms with van der Waals surface area (Å²) in [5, 5.41) is 0. The lowest BCUT2D eigenvalue weighted by atomic mass is 9.38. The quantitative estimate of drug-likeness (QED) is 0.329. The Hall–Kier alpha value is -0.158. The van der Waals surface area contributed by atoms with Crippen LogP contribution in [0.4, 0.5) is 0 Å². The van der Waals surface area contributed by atoms with Crippen molar-refractivity contribution in [3.05, 3.63) is 0 Å². The van der Waals surface area contributed by atoms with E-state index in [4.69, 9.17) is 0 Å². The predicted molar refractivity (Wildman–Crippen MR) is 99.7 cm³/mol. The van der Waals surface area contributed by atoms with E-state index in [2.05, 4.69) is 38.3 Å². The molecule has 21 heavy (non-hydrogen) atoms. The Bertz CT molecular complexity index is 363. The van der Waals surface area contributed by atoms with Gasteiger partial charge in [0.05, 0.1) is 0 Å². The zero-order valence-electron chi connectivity index (χ0n) is 14.9. The first-order chi connectivity index (χ1) is 10.0. The number of fused-ring (bicyclic) bond motifs is 3. The Morgan fingerprint density at radius 3 is 2.24 bits per heavy atom. The first-order valence-corrected chi connectivity index (χ1v) is 13.1. The third-order valence-corrected chi connectivity index (χ3v) is 8.71. The molecule has 2 aliphatic rings. The summed E-state index contributed by atoms with van der Waals surface area (Å²) in [7, 11) is -1.12. The van der Waals surface area contributed by atoms with Crippen molar-refractivity contribution < 1.29 is 0 Å². The highest BCUT2D eigenvalue weighted by molar-refractivity contribution is 6.93. The standard InChI is InChI=1S/C19H35BSi/c1-5-6-7-8-9-16-20-18-14-10-12-17(13-11-15-18)19(20)21(2,3)4/h17-19H,5-8,10-15H2,1-4H3. The van der Waals surface area contributed by atoms with Crippen molar-refractivity contribution in [3.63, 3.8) is 0 Å². The lowest BCUT2D eigenvalue weighted by Crippen LogP contribution is -2.43. The minimum Gasteiger partial charge on any atom is -0.155 e. The molecule has 0 N–H and O–H groups in total. The van der Waals surface area contributed by atoms with E-state index >= 15 is 0 Å². The molecule has 2 heteroatoms. The van der Waals surface area contributed by atoms with Crippen LogP contribution in [0.2, 0.25) is 30.9 Å². The van der Waals surface area contributed by atoms with E-state index in [1.807, 2.05) is 0 Å². The average molecular weight is 302 g/mol. The Kier molecular flexibility index (Phi) is 6.48. The molecular formula is C19H35BSi. The van der Waals surface area contributed by atoms with Gasteiger partial charge >= 0.3 is 0 Å². The summed E-state index contributed by atoms with van der Waals surface area (Å²) in [6, 6.07) is 0. The molecule has 0 saturated carbocycles. The van der Waals surface area contributed by atoms with E-state index < -0.39 is 8.07 Å². The summed E-state index contributed by atoms with van der Waals surface area (Å²) in [4.78, 5) is 0. The van der Waals surface area contributed by atoms with Crippen molar-refractivity contribution >= 4 is 14.8 Å². The lowest BCUT2D eigenvalue weighted by Gasteiger charge is -2.37. The summed E-state index contributed by atoms with van der Waals surface area (Å²) in [6.45, 7) is 10.8. The van der Waals surface area contributed by atoms with Gasteiger partial charge < -0.3 is 0 Å². The third-order valence-electron chi connectivity index (χ3n) is 5.88. The smallest absolute Gasteiger partial charge is 0.155 e. The highest BCUT2D eigenvalue weighted by Gasteiger charge is 2.47. The van der Waals surface area contributed by atoms with Gasteiger partial charge in [-0.25, -0.2) is 0 Å². The molecule has 0 amide bonds. The summed E-state index contributed by atoms with van der Waals surface area (Å²) >= 11 is 0. The second kappa shape index (κ2) is 7.91. The highest BCUT2D eigenvalue weighted by atomic mass is 28.3. The maximum absolute atomic E-state index is 3.83. The fraction of sp³-hybridized carbons (Fsp3) is 0.895. The van der Waals surface area contributed by atoms with E-state index in [0.717, 1.165) is 30.3 Å². The average Bonchev–Trinajstić information content (AvgIpc) is 2.65. The molecule has 2 rings (SSSR count). The zero-order valence-corrected chi connectivity index (χ0v) is 15.9. The SMILES string of the molecule is CCCCCC#CB1C2CCCC(CCC2)C1[Si](C)(C)C. The molecular weight excluding hydrogens is 267 g/mol. The molecule has 1 atom stereocenters. The van der Waals surface area contributed by atoms with Gasteiger partial charge in [0.2, 0.25) is 6.71 Å². The normalized spacial score (nSPS) is 29.5. The topological polar surface area (TPSA) is 0 Å². The second-order valence-electron chi connectivity index (χ2n) is 8.58. The summed E-state index contributed by atoms with van der Waals surface area (Å²) < 4.78 is 0. The van der Waals surface area contributed by atoms with Crippen molar-refractivity contribution in [2.45, 2.75) is 102 Å². The van der Waals surface area contributed by atoms with Crippen LogP contribution in [-0.4, -0.2) is 14.8 Å². The molecule has 0 radical (unpaired) electrons. The van der Waals surface area contributed by atoms with Gasteiger partial charge in [0.15, 0.2) is 0 Å². The number of hydrogen-bond acceptors (Lipinski definition) is 0. The second-order valence-corrected chi connectivity index (χ2v) is 14.0. The Balaban J connectivity index is 2.15. The van der Waals surface area contributed by atoms with Crippen LogP contribution in [0.15, 0.2) is 0 Å². The molecule has 2 aliphatic heterocycles. The fourth-order valence-corrected chi connectivity index (χ4v) is 8.17. The maximum atomic E-state index is 3.83. The zero-order chi connectivity index (χ0) is 15.3. The van der Waals surface area contributed by atoms with Gasteiger partial charge in [-0.1, -0.05) is 83.4 Å². The number of unbranched alkanes of at least 4 members (excludes halogenated alkanes) is 3. The number of hydrogen-bond donors (Lipinski definition) is 0. The minimum atomic E-state index is -1.12. The summed E-state index contributed by atoms with van der Waals surface area (Å²) in [5.41, 5.74) is 0.964. The minimum absolute atomic E-state index is 0.744. The molecule has 1 unspecified atom stereocenters. The first-order valence-electron chi connectivity index (χ1n) is 9.52. The molecule has 0 aromatic carbocycles. The van der Waals surface area contributed by atoms with E-state index in [-0.39, 0.29) is 0 Å². The van der Waals surface area contributed by atoms with Crippen molar-refractivity contribution in [2.75, 3.05) is 0 Å². The van der Waals surface area contributed by atoms with Gasteiger partial charge in [0.25, 0.3) is 0 Å². The molecule has 2 bridgehead atoms. The molecule has 2 fully saturated rings. The van der Waals surface area contributed by atoms with Crippen LogP contribution in [-0.2, 0) is 0 Å². The van der Waals surface area contributed by atoms with Crippen LogP contribution in [0.3, 0.4) is 0 Å². The highest BCUT2D eigenvalue weighted by Crippen LogP contribution is 2.49. The third kappa shape index (κ3) is 4.65. The van der Waals surface area contributed by atoms with E-state index in [1.165, 1.54) is 57.8 Å². The molecule has 0 spiro atoms. The predicted octanol–water partition coefficient (Wildman–Crippen LogP) is 6.21. The summed E-state index contributed by atoms with van der Waals surface area (Å²) in [6.07, 6.45) is 14.0. The Labute approximate surface area is 134 Å². The van der Waals surface area contributed by atoms with Gasteiger partial charge in [-0.2, -0.15) is 5.82 Å². The van der Waals surface area contributed by atoms with Gasteiger partial charge in [0.1, 0.15) is 0 Å². The van der Waals surface area contributed by atoms with Crippen molar-refractivity contribution in [2.24, 2.45) is 5.92 Å². The van der Waals surface area contributed by atoms with Gasteiger partial charge in [-0.3, -0.25) is 0 Å². The molecule has 118 valence electrons. The van der Waals surface area contributed by atoms with Crippen LogP contribution in [0.1, 0.15) is 71.1 Å². The van der Waals surface area contributed by atoms with Crippen LogP contribution < -0.4 is 0 Å². The van der Waals surface area contributed by atoms with Crippen LogP contribution in [0.25, 0.3) is 0 Å². The lowest BCUT2D eigenvalue weighted by molar-refractivity contribution is 0.411. The Morgan fingerprint density at radius 2 is 1.67 bits per heavy atom. The number of rotatable bonds is 4. The molecule has 0 nitrogen and oxygen atoms in total. The van der Waals surface area contributed by atoms with Crippen molar-refractivity contribution in [1.29, 1.82) is 0 Å². The first kappa shape index (κ1) is 17.2. The molecule has 2 heterocycles. The maximum Gasteiger partial charge on any atom is 0.235 e. The van der Waals surface area contributed by atoms with Gasteiger partial charge in [-0.15, -0.1) is 5.92 Å². The molecule has 0 aromatic heterocycles. The molecule has 0 aliphatic carbocycles. The van der Waals surface area contributed by atoms with Gasteiger partial charge in [0, 0.05) is 14.5 Å². The fourth-order valence-electron chi connectivity index (χ4n) is 4.98. The summed E-state index contributed by atoms with van der Waals surface area (Å²) in [5.74, 6) is 9.36. The van der Waals surface area contributed by atoms with Crippen LogP contribution in [0.5, 0.6) is 0 Å². The van der Waals surface area contributed by atoms with E-state index in [1.54, 1.807) is 0 Å². The van der Waals surface area contributed by atoms with E-state index in [0.29, 0.717) is 0 Å². The largest absolute Gasteiger partial charge is 0.235 e. The monoisotopic (exact) mass is 302 g/mol. The molecule has 2 saturated heterocycles. The van der Waals surface area contributed by atoms with Crippen molar-refractivity contribution in [3.8, 4) is 11.7 Å². The van der Waals surface area contributed by atoms with Crippen LogP contribution in [0, 0.1) is 17.7 Å². The Morgan fingerprint density at radius 1 is 1.00 bits per heavy atom. The molecule has 0 aromatic rings. The van der Waals surface area contributed by atoms with Gasteiger partial charge in [-0.05, 0) is 18.2 Å². The van der Waals surface area contributed by atoms with E-state index in [9.17, 15) is 0 Å². The van der Waals surface area contributed by atoms with Crippen LogP contribution >= 0.6 is 0 Å². The van der Waals surface area contributed by atoms with Crippen molar-refractivity contribution in [1.82, 2.24) is 0 Å².